The van der Waals surface area contributed by atoms with E-state index in [-0.39, 0.29) is 5.56 Å². The van der Waals surface area contributed by atoms with Crippen LogP contribution in [0.4, 0.5) is 4.39 Å². The van der Waals surface area contributed by atoms with Crippen molar-refractivity contribution in [2.45, 2.75) is 26.5 Å². The Morgan fingerprint density at radius 3 is 2.70 bits per heavy atom. The lowest BCUT2D eigenvalue weighted by Gasteiger charge is -2.13. The van der Waals surface area contributed by atoms with Gasteiger partial charge in [0.15, 0.2) is 0 Å². The van der Waals surface area contributed by atoms with Crippen molar-refractivity contribution in [2.24, 2.45) is 5.92 Å². The van der Waals surface area contributed by atoms with Crippen LogP contribution in [0.25, 0.3) is 10.9 Å². The van der Waals surface area contributed by atoms with E-state index in [0.29, 0.717) is 16.5 Å². The Morgan fingerprint density at radius 2 is 2.00 bits per heavy atom. The maximum absolute atomic E-state index is 14.0. The summed E-state index contributed by atoms with van der Waals surface area (Å²) in [6, 6.07) is 9.85. The summed E-state index contributed by atoms with van der Waals surface area (Å²) < 4.78 is 15.9. The molecular formula is C18H18ClFN2O. The molecule has 3 nitrogen and oxygen atoms in total. The molecule has 0 radical (unpaired) electrons. The SMILES string of the molecule is CC(C)Cn1ncc2cc(C(O)c3ccc(Cl)cc3F)ccc21. The third-order valence-electron chi connectivity index (χ3n) is 3.78. The maximum atomic E-state index is 14.0. The van der Waals surface area contributed by atoms with E-state index < -0.39 is 11.9 Å². The Morgan fingerprint density at radius 1 is 1.22 bits per heavy atom. The van der Waals surface area contributed by atoms with Gasteiger partial charge in [0.1, 0.15) is 11.9 Å². The van der Waals surface area contributed by atoms with E-state index in [4.69, 9.17) is 11.6 Å². The standard InChI is InChI=1S/C18H18ClFN2O/c1-11(2)10-22-17-6-3-12(7-13(17)9-21-22)18(23)15-5-4-14(19)8-16(15)20/h3-9,11,18,23H,10H2,1-2H3. The van der Waals surface area contributed by atoms with E-state index in [1.54, 1.807) is 18.3 Å². The Labute approximate surface area is 139 Å². The second-order valence-corrected chi connectivity index (χ2v) is 6.54. The Balaban J connectivity index is 1.97. The molecule has 0 bridgehead atoms. The first-order valence-corrected chi connectivity index (χ1v) is 7.92. The smallest absolute Gasteiger partial charge is 0.130 e. The average molecular weight is 333 g/mol. The topological polar surface area (TPSA) is 38.0 Å². The van der Waals surface area contributed by atoms with Crippen molar-refractivity contribution in [3.05, 3.63) is 64.6 Å². The number of benzene rings is 2. The van der Waals surface area contributed by atoms with E-state index in [0.717, 1.165) is 17.4 Å². The highest BCUT2D eigenvalue weighted by molar-refractivity contribution is 6.30. The highest BCUT2D eigenvalue weighted by Gasteiger charge is 2.16. The third kappa shape index (κ3) is 3.23. The summed E-state index contributed by atoms with van der Waals surface area (Å²) in [6.45, 7) is 5.10. The number of fused-ring (bicyclic) bond motifs is 1. The van der Waals surface area contributed by atoms with Gasteiger partial charge in [0, 0.05) is 22.5 Å². The summed E-state index contributed by atoms with van der Waals surface area (Å²) in [5.74, 6) is -0.0212. The molecule has 0 fully saturated rings. The lowest BCUT2D eigenvalue weighted by molar-refractivity contribution is 0.215. The van der Waals surface area contributed by atoms with E-state index in [1.807, 2.05) is 16.8 Å². The van der Waals surface area contributed by atoms with Crippen LogP contribution in [-0.2, 0) is 6.54 Å². The number of aromatic nitrogens is 2. The lowest BCUT2D eigenvalue weighted by atomic mass is 10.00. The first-order chi connectivity index (χ1) is 11.0. The van der Waals surface area contributed by atoms with Gasteiger partial charge in [-0.05, 0) is 35.7 Å². The van der Waals surface area contributed by atoms with E-state index in [1.165, 1.54) is 12.1 Å². The van der Waals surface area contributed by atoms with Gasteiger partial charge >= 0.3 is 0 Å². The minimum atomic E-state index is -1.04. The van der Waals surface area contributed by atoms with Crippen molar-refractivity contribution in [1.82, 2.24) is 9.78 Å². The normalized spacial score (nSPS) is 13.0. The van der Waals surface area contributed by atoms with Crippen LogP contribution < -0.4 is 0 Å². The largest absolute Gasteiger partial charge is 0.384 e. The molecule has 5 heteroatoms. The molecule has 0 spiro atoms. The predicted octanol–water partition coefficient (Wildman–Crippen LogP) is 4.57. The molecule has 1 aromatic heterocycles. The summed E-state index contributed by atoms with van der Waals surface area (Å²) >= 11 is 5.76. The zero-order chi connectivity index (χ0) is 16.6. The van der Waals surface area contributed by atoms with Gasteiger partial charge < -0.3 is 5.11 Å². The Hall–Kier alpha value is -1.91. The average Bonchev–Trinajstić information content (AvgIpc) is 2.88. The van der Waals surface area contributed by atoms with Gasteiger partial charge in [-0.3, -0.25) is 4.68 Å². The highest BCUT2D eigenvalue weighted by atomic mass is 35.5. The van der Waals surface area contributed by atoms with Crippen LogP contribution in [0.2, 0.25) is 5.02 Å². The molecular weight excluding hydrogens is 315 g/mol. The third-order valence-corrected chi connectivity index (χ3v) is 4.01. The fourth-order valence-corrected chi connectivity index (χ4v) is 2.83. The van der Waals surface area contributed by atoms with Gasteiger partial charge in [-0.2, -0.15) is 5.10 Å². The minimum absolute atomic E-state index is 0.211. The molecule has 1 heterocycles. The molecule has 2 aromatic carbocycles. The molecule has 120 valence electrons. The summed E-state index contributed by atoms with van der Waals surface area (Å²) in [7, 11) is 0. The number of hydrogen-bond donors (Lipinski definition) is 1. The molecule has 1 atom stereocenters. The molecule has 1 unspecified atom stereocenters. The zero-order valence-electron chi connectivity index (χ0n) is 13.0. The molecule has 0 saturated carbocycles. The monoisotopic (exact) mass is 332 g/mol. The lowest BCUT2D eigenvalue weighted by Crippen LogP contribution is -2.06. The number of aliphatic hydroxyl groups is 1. The Bertz CT molecular complexity index is 844. The number of rotatable bonds is 4. The van der Waals surface area contributed by atoms with Crippen LogP contribution in [-0.4, -0.2) is 14.9 Å². The van der Waals surface area contributed by atoms with Crippen LogP contribution in [0.15, 0.2) is 42.6 Å². The molecule has 0 saturated heterocycles. The molecule has 23 heavy (non-hydrogen) atoms. The fourth-order valence-electron chi connectivity index (χ4n) is 2.67. The molecule has 0 aliphatic heterocycles. The van der Waals surface area contributed by atoms with E-state index in [2.05, 4.69) is 18.9 Å². The number of nitrogens with zero attached hydrogens (tertiary/aromatic N) is 2. The first kappa shape index (κ1) is 16.0. The van der Waals surface area contributed by atoms with Crippen molar-refractivity contribution >= 4 is 22.5 Å². The second kappa shape index (κ2) is 6.30. The zero-order valence-corrected chi connectivity index (χ0v) is 13.8. The van der Waals surface area contributed by atoms with Gasteiger partial charge in [-0.25, -0.2) is 4.39 Å². The fraction of sp³-hybridized carbons (Fsp3) is 0.278. The van der Waals surface area contributed by atoms with Gasteiger partial charge in [0.2, 0.25) is 0 Å². The van der Waals surface area contributed by atoms with E-state index >= 15 is 0 Å². The molecule has 0 aliphatic rings. The van der Waals surface area contributed by atoms with Crippen LogP contribution in [0.3, 0.4) is 0 Å². The van der Waals surface area contributed by atoms with Gasteiger partial charge in [0.05, 0.1) is 11.7 Å². The number of hydrogen-bond acceptors (Lipinski definition) is 2. The van der Waals surface area contributed by atoms with E-state index in [9.17, 15) is 9.50 Å². The summed E-state index contributed by atoms with van der Waals surface area (Å²) in [5, 5.41) is 16.1. The first-order valence-electron chi connectivity index (χ1n) is 7.54. The molecule has 0 amide bonds. The summed E-state index contributed by atoms with van der Waals surface area (Å²) in [5.41, 5.74) is 1.84. The van der Waals surface area contributed by atoms with Gasteiger partial charge in [-0.1, -0.05) is 37.6 Å². The molecule has 3 rings (SSSR count). The number of halogens is 2. The second-order valence-electron chi connectivity index (χ2n) is 6.11. The van der Waals surface area contributed by atoms with Crippen LogP contribution in [0, 0.1) is 11.7 Å². The van der Waals surface area contributed by atoms with Crippen LogP contribution in [0.5, 0.6) is 0 Å². The quantitative estimate of drug-likeness (QED) is 0.760. The molecule has 3 aromatic rings. The highest BCUT2D eigenvalue weighted by Crippen LogP contribution is 2.28. The van der Waals surface area contributed by atoms with Crippen molar-refractivity contribution in [3.63, 3.8) is 0 Å². The van der Waals surface area contributed by atoms with Crippen LogP contribution >= 0.6 is 11.6 Å². The van der Waals surface area contributed by atoms with Gasteiger partial charge in [0.25, 0.3) is 0 Å². The molecule has 1 N–H and O–H groups in total. The summed E-state index contributed by atoms with van der Waals surface area (Å²) in [4.78, 5) is 0. The maximum Gasteiger partial charge on any atom is 0.130 e. The van der Waals surface area contributed by atoms with Crippen molar-refractivity contribution < 1.29 is 9.50 Å². The summed E-state index contributed by atoms with van der Waals surface area (Å²) in [6.07, 6.45) is 0.733. The number of aliphatic hydroxyl groups excluding tert-OH is 1. The van der Waals surface area contributed by atoms with Gasteiger partial charge in [-0.15, -0.1) is 0 Å². The van der Waals surface area contributed by atoms with Crippen molar-refractivity contribution in [2.75, 3.05) is 0 Å². The van der Waals surface area contributed by atoms with Crippen LogP contribution in [0.1, 0.15) is 31.1 Å². The van der Waals surface area contributed by atoms with Crippen molar-refractivity contribution in [3.8, 4) is 0 Å². The van der Waals surface area contributed by atoms with Crippen molar-refractivity contribution in [1.29, 1.82) is 0 Å². The Kier molecular flexibility index (Phi) is 4.37. The predicted molar refractivity (Wildman–Crippen MR) is 90.0 cm³/mol. The minimum Gasteiger partial charge on any atom is -0.384 e. The molecule has 0 aliphatic carbocycles.